The maximum atomic E-state index is 11.9. The third kappa shape index (κ3) is 4.49. The third-order valence-electron chi connectivity index (χ3n) is 2.48. The van der Waals surface area contributed by atoms with Gasteiger partial charge in [0.1, 0.15) is 6.73 Å². The Bertz CT molecular complexity index is 485. The van der Waals surface area contributed by atoms with Gasteiger partial charge in [-0.1, -0.05) is 31.2 Å². The Hall–Kier alpha value is -0.173. The minimum Gasteiger partial charge on any atom is -0.359 e. The molecule has 1 aromatic heterocycles. The van der Waals surface area contributed by atoms with Crippen LogP contribution in [-0.2, 0) is 11.5 Å². The summed E-state index contributed by atoms with van der Waals surface area (Å²) in [4.78, 5) is 11.9. The van der Waals surface area contributed by atoms with Crippen LogP contribution in [-0.4, -0.2) is 24.5 Å². The summed E-state index contributed by atoms with van der Waals surface area (Å²) in [6.07, 6.45) is 0. The Morgan fingerprint density at radius 1 is 1.44 bits per heavy atom. The van der Waals surface area contributed by atoms with Gasteiger partial charge in [-0.3, -0.25) is 4.79 Å². The van der Waals surface area contributed by atoms with Crippen LogP contribution >= 0.6 is 27.5 Å². The number of aromatic nitrogens is 2. The zero-order valence-electron chi connectivity index (χ0n) is 11.1. The van der Waals surface area contributed by atoms with Crippen molar-refractivity contribution in [2.24, 2.45) is 0 Å². The summed E-state index contributed by atoms with van der Waals surface area (Å²) in [6.45, 7) is 9.37. The maximum Gasteiger partial charge on any atom is 0.283 e. The van der Waals surface area contributed by atoms with Crippen molar-refractivity contribution in [2.45, 2.75) is 39.3 Å². The first-order valence-electron chi connectivity index (χ1n) is 5.73. The smallest absolute Gasteiger partial charge is 0.283 e. The quantitative estimate of drug-likeness (QED) is 0.603. The first-order valence-corrected chi connectivity index (χ1v) is 10.6. The summed E-state index contributed by atoms with van der Waals surface area (Å²) < 4.78 is 7.16. The van der Waals surface area contributed by atoms with Gasteiger partial charge in [0.2, 0.25) is 0 Å². The zero-order valence-corrected chi connectivity index (χ0v) is 14.4. The van der Waals surface area contributed by atoms with E-state index >= 15 is 0 Å². The highest BCUT2D eigenvalue weighted by atomic mass is 79.9. The molecule has 1 rings (SSSR count). The van der Waals surface area contributed by atoms with Crippen LogP contribution in [0.4, 0.5) is 0 Å². The van der Waals surface area contributed by atoms with E-state index in [9.17, 15) is 4.79 Å². The summed E-state index contributed by atoms with van der Waals surface area (Å²) in [5.41, 5.74) is 0.435. The summed E-state index contributed by atoms with van der Waals surface area (Å²) >= 11 is 9.14. The summed E-state index contributed by atoms with van der Waals surface area (Å²) in [6, 6.07) is 1.06. The van der Waals surface area contributed by atoms with Gasteiger partial charge in [0.05, 0.1) is 4.47 Å². The van der Waals surface area contributed by atoms with Gasteiger partial charge < -0.3 is 4.74 Å². The first kappa shape index (κ1) is 15.9. The van der Waals surface area contributed by atoms with Crippen LogP contribution in [0, 0.1) is 6.92 Å². The number of ether oxygens (including phenoxy) is 1. The Labute approximate surface area is 121 Å². The molecule has 0 unspecified atom stereocenters. The Balaban J connectivity index is 2.67. The number of rotatable bonds is 5. The van der Waals surface area contributed by atoms with Crippen molar-refractivity contribution in [2.75, 3.05) is 6.61 Å². The summed E-state index contributed by atoms with van der Waals surface area (Å²) in [5, 5.41) is 4.31. The normalized spacial score (nSPS) is 11.9. The minimum atomic E-state index is -1.11. The Morgan fingerprint density at radius 2 is 2.06 bits per heavy atom. The van der Waals surface area contributed by atoms with Gasteiger partial charge in [-0.2, -0.15) is 5.10 Å². The van der Waals surface area contributed by atoms with Crippen LogP contribution in [0.1, 0.15) is 5.56 Å². The molecule has 1 aromatic rings. The van der Waals surface area contributed by atoms with Gasteiger partial charge >= 0.3 is 0 Å². The highest BCUT2D eigenvalue weighted by Crippen LogP contribution is 2.17. The van der Waals surface area contributed by atoms with E-state index in [0.717, 1.165) is 6.04 Å². The van der Waals surface area contributed by atoms with E-state index in [1.807, 2.05) is 0 Å². The number of halogens is 2. The van der Waals surface area contributed by atoms with E-state index in [1.165, 1.54) is 4.68 Å². The van der Waals surface area contributed by atoms with Gasteiger partial charge in [0.25, 0.3) is 5.56 Å². The molecule has 1 heterocycles. The molecule has 18 heavy (non-hydrogen) atoms. The van der Waals surface area contributed by atoms with E-state index in [0.29, 0.717) is 21.8 Å². The third-order valence-corrected chi connectivity index (χ3v) is 5.48. The molecule has 0 saturated carbocycles. The van der Waals surface area contributed by atoms with Crippen molar-refractivity contribution in [3.05, 3.63) is 25.5 Å². The van der Waals surface area contributed by atoms with E-state index < -0.39 is 8.07 Å². The highest BCUT2D eigenvalue weighted by molar-refractivity contribution is 9.10. The van der Waals surface area contributed by atoms with Crippen molar-refractivity contribution >= 4 is 35.6 Å². The monoisotopic (exact) mass is 352 g/mol. The van der Waals surface area contributed by atoms with Crippen molar-refractivity contribution in [3.8, 4) is 0 Å². The molecule has 0 atom stereocenters. The molecule has 102 valence electrons. The average molecular weight is 354 g/mol. The van der Waals surface area contributed by atoms with E-state index in [1.54, 1.807) is 6.92 Å². The SMILES string of the molecule is Cc1c(Cl)nn(COCC[Si](C)(C)C)c(=O)c1Br. The van der Waals surface area contributed by atoms with Crippen LogP contribution < -0.4 is 5.56 Å². The predicted octanol–water partition coefficient (Wildman–Crippen LogP) is 3.28. The van der Waals surface area contributed by atoms with Gasteiger partial charge in [0, 0.05) is 20.2 Å². The lowest BCUT2D eigenvalue weighted by Crippen LogP contribution is -2.27. The van der Waals surface area contributed by atoms with Crippen molar-refractivity contribution in [1.82, 2.24) is 9.78 Å². The van der Waals surface area contributed by atoms with Crippen LogP contribution in [0.2, 0.25) is 30.8 Å². The fourth-order valence-corrected chi connectivity index (χ4v) is 2.66. The molecule has 0 bridgehead atoms. The number of nitrogens with zero attached hydrogens (tertiary/aromatic N) is 2. The van der Waals surface area contributed by atoms with Gasteiger partial charge in [-0.25, -0.2) is 4.68 Å². The van der Waals surface area contributed by atoms with Crippen LogP contribution in [0.5, 0.6) is 0 Å². The molecule has 0 aliphatic heterocycles. The Morgan fingerprint density at radius 3 is 2.61 bits per heavy atom. The lowest BCUT2D eigenvalue weighted by atomic mass is 10.3. The van der Waals surface area contributed by atoms with Gasteiger partial charge in [-0.05, 0) is 28.9 Å². The van der Waals surface area contributed by atoms with Crippen LogP contribution in [0.25, 0.3) is 0 Å². The average Bonchev–Trinajstić information content (AvgIpc) is 2.26. The minimum absolute atomic E-state index is 0.141. The van der Waals surface area contributed by atoms with Crippen LogP contribution in [0.3, 0.4) is 0 Å². The summed E-state index contributed by atoms with van der Waals surface area (Å²) in [7, 11) is -1.11. The molecule has 0 radical (unpaired) electrons. The molecule has 0 amide bonds. The lowest BCUT2D eigenvalue weighted by Gasteiger charge is -2.15. The van der Waals surface area contributed by atoms with E-state index in [4.69, 9.17) is 16.3 Å². The second-order valence-corrected chi connectivity index (χ2v) is 12.2. The fourth-order valence-electron chi connectivity index (χ4n) is 1.21. The first-order chi connectivity index (χ1) is 8.22. The van der Waals surface area contributed by atoms with Crippen molar-refractivity contribution in [3.63, 3.8) is 0 Å². The second kappa shape index (κ2) is 6.32. The Kier molecular flexibility index (Phi) is 5.58. The predicted molar refractivity (Wildman–Crippen MR) is 80.0 cm³/mol. The molecule has 0 spiro atoms. The molecule has 0 aliphatic rings. The largest absolute Gasteiger partial charge is 0.359 e. The van der Waals surface area contributed by atoms with Crippen molar-refractivity contribution in [1.29, 1.82) is 0 Å². The molecule has 0 fully saturated rings. The number of hydrogen-bond acceptors (Lipinski definition) is 3. The second-order valence-electron chi connectivity index (χ2n) is 5.38. The van der Waals surface area contributed by atoms with Crippen molar-refractivity contribution < 1.29 is 4.74 Å². The molecule has 0 aliphatic carbocycles. The van der Waals surface area contributed by atoms with Crippen LogP contribution in [0.15, 0.2) is 9.27 Å². The zero-order chi connectivity index (χ0) is 13.9. The highest BCUT2D eigenvalue weighted by Gasteiger charge is 2.13. The topological polar surface area (TPSA) is 44.1 Å². The van der Waals surface area contributed by atoms with E-state index in [-0.39, 0.29) is 12.3 Å². The number of hydrogen-bond donors (Lipinski definition) is 0. The lowest BCUT2D eigenvalue weighted by molar-refractivity contribution is 0.0747. The fraction of sp³-hybridized carbons (Fsp3) is 0.636. The molecule has 0 aromatic carbocycles. The molecule has 7 heteroatoms. The standard InChI is InChI=1S/C11H18BrClN2O2Si/c1-8-9(12)11(16)15(14-10(8)13)7-17-5-6-18(2,3)4/h5-7H2,1-4H3. The molecule has 4 nitrogen and oxygen atoms in total. The van der Waals surface area contributed by atoms with E-state index in [2.05, 4.69) is 40.7 Å². The van der Waals surface area contributed by atoms with Gasteiger partial charge in [-0.15, -0.1) is 0 Å². The summed E-state index contributed by atoms with van der Waals surface area (Å²) in [5.74, 6) is 0. The molecular formula is C11H18BrClN2O2Si. The maximum absolute atomic E-state index is 11.9. The molecular weight excluding hydrogens is 336 g/mol. The molecule has 0 N–H and O–H groups in total. The molecule has 0 saturated heterocycles. The van der Waals surface area contributed by atoms with Gasteiger partial charge in [0.15, 0.2) is 5.15 Å².